The average molecular weight is 302 g/mol. The molecule has 1 aromatic heterocycles. The Labute approximate surface area is 117 Å². The molecule has 0 saturated heterocycles. The fourth-order valence-corrected chi connectivity index (χ4v) is 1.89. The maximum absolute atomic E-state index is 11.6. The summed E-state index contributed by atoms with van der Waals surface area (Å²) < 4.78 is 29.0. The highest BCUT2D eigenvalue weighted by Gasteiger charge is 2.14. The summed E-state index contributed by atoms with van der Waals surface area (Å²) in [6, 6.07) is 1.47. The Morgan fingerprint density at radius 1 is 1.45 bits per heavy atom. The average Bonchev–Trinajstić information content (AvgIpc) is 2.35. The molecule has 1 rings (SSSR count). The number of nitrogens with zero attached hydrogens (tertiary/aromatic N) is 1. The highest BCUT2D eigenvalue weighted by molar-refractivity contribution is 7.88. The van der Waals surface area contributed by atoms with Crippen molar-refractivity contribution in [1.82, 2.24) is 9.71 Å². The first kappa shape index (κ1) is 16.2. The summed E-state index contributed by atoms with van der Waals surface area (Å²) in [5, 5.41) is 2.85. The van der Waals surface area contributed by atoms with Gasteiger partial charge in [0.2, 0.25) is 10.0 Å². The van der Waals surface area contributed by atoms with Crippen molar-refractivity contribution in [2.75, 3.05) is 37.0 Å². The van der Waals surface area contributed by atoms with Crippen molar-refractivity contribution >= 4 is 27.5 Å². The maximum Gasteiger partial charge on any atom is 0.340 e. The molecule has 0 saturated carbocycles. The Hall–Kier alpha value is -1.87. The first-order valence-corrected chi connectivity index (χ1v) is 7.84. The van der Waals surface area contributed by atoms with Gasteiger partial charge in [0.1, 0.15) is 5.82 Å². The van der Waals surface area contributed by atoms with Crippen LogP contribution in [0.5, 0.6) is 0 Å². The molecule has 0 unspecified atom stereocenters. The van der Waals surface area contributed by atoms with Gasteiger partial charge in [0.25, 0.3) is 0 Å². The number of hydrogen-bond donors (Lipinski definition) is 3. The number of pyridine rings is 1. The monoisotopic (exact) mass is 302 g/mol. The molecule has 1 aromatic rings. The van der Waals surface area contributed by atoms with Gasteiger partial charge in [-0.1, -0.05) is 0 Å². The lowest BCUT2D eigenvalue weighted by Gasteiger charge is -2.11. The smallest absolute Gasteiger partial charge is 0.340 e. The largest absolute Gasteiger partial charge is 0.462 e. The molecule has 20 heavy (non-hydrogen) atoms. The van der Waals surface area contributed by atoms with Gasteiger partial charge in [0.05, 0.1) is 24.1 Å². The molecule has 0 radical (unpaired) electrons. The number of esters is 1. The first-order valence-electron chi connectivity index (χ1n) is 5.95. The summed E-state index contributed by atoms with van der Waals surface area (Å²) in [5.74, 6) is -0.212. The fraction of sp³-hybridized carbons (Fsp3) is 0.455. The normalized spacial score (nSPS) is 11.1. The lowest BCUT2D eigenvalue weighted by molar-refractivity contribution is 0.0527. The van der Waals surface area contributed by atoms with E-state index in [1.54, 1.807) is 6.92 Å². The van der Waals surface area contributed by atoms with Crippen LogP contribution >= 0.6 is 0 Å². The summed E-state index contributed by atoms with van der Waals surface area (Å²) in [4.78, 5) is 15.6. The molecule has 0 atom stereocenters. The number of nitrogens with two attached hydrogens (primary N) is 1. The number of hydrogen-bond acceptors (Lipinski definition) is 7. The van der Waals surface area contributed by atoms with Gasteiger partial charge in [-0.25, -0.2) is 22.9 Å². The molecule has 9 heteroatoms. The SMILES string of the molecule is CCOC(=O)c1ccnc(NCCNS(C)(=O)=O)c1N. The van der Waals surface area contributed by atoms with Crippen molar-refractivity contribution in [3.8, 4) is 0 Å². The zero-order valence-electron chi connectivity index (χ0n) is 11.3. The van der Waals surface area contributed by atoms with E-state index in [4.69, 9.17) is 10.5 Å². The minimum absolute atomic E-state index is 0.172. The van der Waals surface area contributed by atoms with Gasteiger partial charge in [-0.3, -0.25) is 0 Å². The van der Waals surface area contributed by atoms with E-state index in [1.165, 1.54) is 12.3 Å². The van der Waals surface area contributed by atoms with Gasteiger partial charge < -0.3 is 15.8 Å². The topological polar surface area (TPSA) is 123 Å². The molecule has 0 aromatic carbocycles. The third kappa shape index (κ3) is 5.02. The van der Waals surface area contributed by atoms with Gasteiger partial charge in [0.15, 0.2) is 0 Å². The van der Waals surface area contributed by atoms with Crippen LogP contribution in [0.4, 0.5) is 11.5 Å². The van der Waals surface area contributed by atoms with Crippen molar-refractivity contribution < 1.29 is 17.9 Å². The summed E-state index contributed by atoms with van der Waals surface area (Å²) in [7, 11) is -3.23. The molecule has 0 aliphatic rings. The Kier molecular flexibility index (Phi) is 5.71. The number of ether oxygens (including phenoxy) is 1. The molecular weight excluding hydrogens is 284 g/mol. The van der Waals surface area contributed by atoms with E-state index in [-0.39, 0.29) is 30.9 Å². The van der Waals surface area contributed by atoms with Crippen molar-refractivity contribution in [2.45, 2.75) is 6.92 Å². The number of aromatic nitrogens is 1. The van der Waals surface area contributed by atoms with E-state index >= 15 is 0 Å². The molecule has 0 fully saturated rings. The van der Waals surface area contributed by atoms with Gasteiger partial charge in [-0.2, -0.15) is 0 Å². The number of nitrogen functional groups attached to an aromatic ring is 1. The quantitative estimate of drug-likeness (QED) is 0.471. The minimum Gasteiger partial charge on any atom is -0.462 e. The molecule has 1 heterocycles. The van der Waals surface area contributed by atoms with Crippen molar-refractivity contribution in [2.24, 2.45) is 0 Å². The lowest BCUT2D eigenvalue weighted by atomic mass is 10.2. The number of rotatable bonds is 7. The summed E-state index contributed by atoms with van der Waals surface area (Å²) in [6.07, 6.45) is 2.50. The second kappa shape index (κ2) is 7.06. The molecule has 0 aliphatic heterocycles. The van der Waals surface area contributed by atoms with Gasteiger partial charge >= 0.3 is 5.97 Å². The summed E-state index contributed by atoms with van der Waals surface area (Å²) in [6.45, 7) is 2.42. The molecule has 4 N–H and O–H groups in total. The second-order valence-electron chi connectivity index (χ2n) is 3.93. The first-order chi connectivity index (χ1) is 9.35. The standard InChI is InChI=1S/C11H18N4O4S/c1-3-19-11(16)8-4-5-13-10(9(8)12)14-6-7-15-20(2,17)18/h4-5,15H,3,6-7,12H2,1-2H3,(H,13,14). The number of carbonyl (C=O) groups is 1. The van der Waals surface area contributed by atoms with Crippen LogP contribution in [0.2, 0.25) is 0 Å². The van der Waals surface area contributed by atoms with Crippen molar-refractivity contribution in [1.29, 1.82) is 0 Å². The van der Waals surface area contributed by atoms with E-state index in [0.29, 0.717) is 5.82 Å². The zero-order chi connectivity index (χ0) is 15.2. The van der Waals surface area contributed by atoms with Crippen LogP contribution in [0.1, 0.15) is 17.3 Å². The van der Waals surface area contributed by atoms with Gasteiger partial charge in [0, 0.05) is 19.3 Å². The van der Waals surface area contributed by atoms with E-state index in [0.717, 1.165) is 6.26 Å². The predicted octanol–water partition coefficient (Wildman–Crippen LogP) is -0.198. The molecule has 0 spiro atoms. The minimum atomic E-state index is -3.23. The van der Waals surface area contributed by atoms with Crippen LogP contribution in [0, 0.1) is 0 Å². The summed E-state index contributed by atoms with van der Waals surface area (Å²) in [5.41, 5.74) is 6.21. The summed E-state index contributed by atoms with van der Waals surface area (Å²) >= 11 is 0. The van der Waals surface area contributed by atoms with Crippen LogP contribution in [0.3, 0.4) is 0 Å². The molecular formula is C11H18N4O4S. The van der Waals surface area contributed by atoms with E-state index in [1.807, 2.05) is 0 Å². The van der Waals surface area contributed by atoms with E-state index < -0.39 is 16.0 Å². The van der Waals surface area contributed by atoms with Crippen molar-refractivity contribution in [3.63, 3.8) is 0 Å². The molecule has 0 bridgehead atoms. The van der Waals surface area contributed by atoms with Crippen LogP contribution < -0.4 is 15.8 Å². The number of anilines is 2. The highest BCUT2D eigenvalue weighted by atomic mass is 32.2. The Morgan fingerprint density at radius 2 is 2.15 bits per heavy atom. The van der Waals surface area contributed by atoms with Crippen molar-refractivity contribution in [3.05, 3.63) is 17.8 Å². The Balaban J connectivity index is 2.67. The highest BCUT2D eigenvalue weighted by Crippen LogP contribution is 2.20. The third-order valence-electron chi connectivity index (χ3n) is 2.27. The van der Waals surface area contributed by atoms with E-state index in [2.05, 4.69) is 15.0 Å². The van der Waals surface area contributed by atoms with Crippen LogP contribution in [0.25, 0.3) is 0 Å². The molecule has 112 valence electrons. The second-order valence-corrected chi connectivity index (χ2v) is 5.77. The molecule has 0 aliphatic carbocycles. The fourth-order valence-electron chi connectivity index (χ4n) is 1.42. The number of sulfonamides is 1. The van der Waals surface area contributed by atoms with Gasteiger partial charge in [-0.15, -0.1) is 0 Å². The Bertz CT molecular complexity index is 574. The predicted molar refractivity (Wildman–Crippen MR) is 75.9 cm³/mol. The Morgan fingerprint density at radius 3 is 2.75 bits per heavy atom. The number of nitrogens with one attached hydrogen (secondary N) is 2. The third-order valence-corrected chi connectivity index (χ3v) is 3.00. The van der Waals surface area contributed by atoms with Crippen LogP contribution in [0.15, 0.2) is 12.3 Å². The maximum atomic E-state index is 11.6. The lowest BCUT2D eigenvalue weighted by Crippen LogP contribution is -2.28. The molecule has 0 amide bonds. The van der Waals surface area contributed by atoms with Crippen LogP contribution in [-0.4, -0.2) is 45.3 Å². The number of carbonyl (C=O) groups excluding carboxylic acids is 1. The van der Waals surface area contributed by atoms with Gasteiger partial charge in [-0.05, 0) is 13.0 Å². The molecule has 8 nitrogen and oxygen atoms in total. The zero-order valence-corrected chi connectivity index (χ0v) is 12.2. The van der Waals surface area contributed by atoms with Crippen LogP contribution in [-0.2, 0) is 14.8 Å². The van der Waals surface area contributed by atoms with E-state index in [9.17, 15) is 13.2 Å².